The molecule has 0 radical (unpaired) electrons. The number of hydrogen-bond donors (Lipinski definition) is 2. The number of carbonyl (C=O) groups excluding carboxylic acids is 3. The van der Waals surface area contributed by atoms with Gasteiger partial charge in [-0.05, 0) is 62.9 Å². The van der Waals surface area contributed by atoms with Crippen molar-refractivity contribution in [3.63, 3.8) is 0 Å². The van der Waals surface area contributed by atoms with Crippen molar-refractivity contribution in [3.8, 4) is 0 Å². The summed E-state index contributed by atoms with van der Waals surface area (Å²) in [6, 6.07) is 9.20. The van der Waals surface area contributed by atoms with E-state index in [0.29, 0.717) is 23.9 Å². The number of nitrogens with zero attached hydrogens (tertiary/aromatic N) is 1. The zero-order chi connectivity index (χ0) is 25.5. The summed E-state index contributed by atoms with van der Waals surface area (Å²) in [6.07, 6.45) is 6.85. The number of pyridine rings is 1. The van der Waals surface area contributed by atoms with E-state index in [2.05, 4.69) is 29.1 Å². The Morgan fingerprint density at radius 1 is 1.21 bits per heavy atom. The number of aldehydes is 1. The van der Waals surface area contributed by atoms with Crippen molar-refractivity contribution in [2.75, 3.05) is 0 Å². The molecule has 0 saturated heterocycles. The molecular weight excluding hydrogens is 457 g/mol. The highest BCUT2D eigenvalue weighted by Crippen LogP contribution is 2.16. The lowest BCUT2D eigenvalue weighted by atomic mass is 10.0. The van der Waals surface area contributed by atoms with E-state index in [0.717, 1.165) is 47.7 Å². The molecule has 2 N–H and O–H groups in total. The van der Waals surface area contributed by atoms with Crippen molar-refractivity contribution in [1.29, 1.82) is 0 Å². The van der Waals surface area contributed by atoms with Crippen molar-refractivity contribution in [1.82, 2.24) is 15.3 Å². The highest BCUT2D eigenvalue weighted by molar-refractivity contribution is 6.30. The van der Waals surface area contributed by atoms with Crippen molar-refractivity contribution < 1.29 is 18.8 Å². The first-order valence-corrected chi connectivity index (χ1v) is 11.6. The Morgan fingerprint density at radius 3 is 2.38 bits per heavy atom. The van der Waals surface area contributed by atoms with Gasteiger partial charge in [-0.2, -0.15) is 0 Å². The summed E-state index contributed by atoms with van der Waals surface area (Å²) in [7, 11) is 0. The number of aromatic nitrogens is 2. The van der Waals surface area contributed by atoms with Gasteiger partial charge in [-0.3, -0.25) is 9.59 Å². The van der Waals surface area contributed by atoms with E-state index in [9.17, 15) is 18.8 Å². The van der Waals surface area contributed by atoms with Crippen molar-refractivity contribution in [2.45, 2.75) is 59.4 Å². The van der Waals surface area contributed by atoms with Crippen LogP contribution < -0.4 is 5.32 Å². The van der Waals surface area contributed by atoms with Crippen LogP contribution >= 0.6 is 11.6 Å². The minimum atomic E-state index is -0.534. The maximum Gasteiger partial charge on any atom is 0.207 e. The first-order valence-electron chi connectivity index (χ1n) is 11.2. The molecule has 3 aromatic rings. The van der Waals surface area contributed by atoms with Gasteiger partial charge in [0, 0.05) is 17.0 Å². The van der Waals surface area contributed by atoms with Gasteiger partial charge in [-0.15, -0.1) is 0 Å². The molecule has 0 spiro atoms. The highest BCUT2D eigenvalue weighted by atomic mass is 35.5. The summed E-state index contributed by atoms with van der Waals surface area (Å²) < 4.78 is 12.6. The number of fused-ring (bicyclic) bond motifs is 1. The number of amides is 1. The number of aryl methyl sites for hydroxylation is 1. The van der Waals surface area contributed by atoms with Gasteiger partial charge < -0.3 is 15.1 Å². The molecule has 0 fully saturated rings. The standard InChI is InChI=1S/C11H12FNO2.C8H7ClN2.C7H14O/c1-8(15)11(13-7-14)6-9-2-4-10(12)5-3-9;1-5-2-6-3-8(9)10-4-7(6)11-5;1-3-5-7(4-2)6-8/h2-5,7,11H,6H2,1H3,(H,13,14);2-4,11H,1H3;6-7H,3-5H2,1-2H3/t11-;;/m0../s1. The van der Waals surface area contributed by atoms with Crippen LogP contribution in [0.1, 0.15) is 51.3 Å². The number of ketones is 1. The zero-order valence-electron chi connectivity index (χ0n) is 20.1. The minimum Gasteiger partial charge on any atom is -0.357 e. The monoisotopic (exact) mass is 489 g/mol. The maximum absolute atomic E-state index is 12.6. The predicted octanol–water partition coefficient (Wildman–Crippen LogP) is 5.61. The van der Waals surface area contributed by atoms with Gasteiger partial charge in [0.25, 0.3) is 0 Å². The van der Waals surface area contributed by atoms with Crippen LogP contribution in [0.4, 0.5) is 4.39 Å². The van der Waals surface area contributed by atoms with Crippen LogP contribution in [0.2, 0.25) is 5.15 Å². The van der Waals surface area contributed by atoms with Crippen LogP contribution in [0.25, 0.3) is 10.9 Å². The highest BCUT2D eigenvalue weighted by Gasteiger charge is 2.13. The van der Waals surface area contributed by atoms with Crippen LogP contribution in [0.15, 0.2) is 42.6 Å². The molecule has 0 aliphatic carbocycles. The normalized spacial score (nSPS) is 11.8. The van der Waals surface area contributed by atoms with Crippen LogP contribution in [0, 0.1) is 18.7 Å². The third kappa shape index (κ3) is 10.7. The molecule has 1 amide bonds. The Kier molecular flexibility index (Phi) is 13.4. The zero-order valence-corrected chi connectivity index (χ0v) is 20.9. The summed E-state index contributed by atoms with van der Waals surface area (Å²) in [5, 5.41) is 4.07. The fraction of sp³-hybridized carbons (Fsp3) is 0.385. The van der Waals surface area contributed by atoms with E-state index < -0.39 is 6.04 Å². The smallest absolute Gasteiger partial charge is 0.207 e. The molecule has 0 saturated carbocycles. The van der Waals surface area contributed by atoms with Crippen LogP contribution in [-0.2, 0) is 20.8 Å². The number of carbonyl (C=O) groups is 3. The Labute approximate surface area is 205 Å². The van der Waals surface area contributed by atoms with E-state index in [1.807, 2.05) is 19.1 Å². The average molecular weight is 490 g/mol. The number of aromatic amines is 1. The molecule has 184 valence electrons. The second-order valence-electron chi connectivity index (χ2n) is 7.92. The van der Waals surface area contributed by atoms with Gasteiger partial charge >= 0.3 is 0 Å². The minimum absolute atomic E-state index is 0.119. The first kappa shape index (κ1) is 29.0. The van der Waals surface area contributed by atoms with Crippen molar-refractivity contribution >= 4 is 41.0 Å². The number of hydrogen-bond acceptors (Lipinski definition) is 4. The number of halogens is 2. The molecule has 2 aromatic heterocycles. The second kappa shape index (κ2) is 15.7. The molecule has 0 aliphatic rings. The second-order valence-corrected chi connectivity index (χ2v) is 8.31. The molecule has 0 bridgehead atoms. The molecule has 6 nitrogen and oxygen atoms in total. The van der Waals surface area contributed by atoms with Gasteiger partial charge in [0.15, 0.2) is 5.78 Å². The lowest BCUT2D eigenvalue weighted by Gasteiger charge is -2.12. The average Bonchev–Trinajstić information content (AvgIpc) is 3.18. The molecule has 3 rings (SSSR count). The Hall–Kier alpha value is -3.06. The van der Waals surface area contributed by atoms with E-state index >= 15 is 0 Å². The maximum atomic E-state index is 12.6. The van der Waals surface area contributed by atoms with E-state index in [1.54, 1.807) is 18.3 Å². The van der Waals surface area contributed by atoms with Gasteiger partial charge in [0.1, 0.15) is 17.3 Å². The summed E-state index contributed by atoms with van der Waals surface area (Å²) in [4.78, 5) is 38.6. The number of H-pyrrole nitrogens is 1. The predicted molar refractivity (Wildman–Crippen MR) is 134 cm³/mol. The molecule has 0 aliphatic heterocycles. The fourth-order valence-electron chi connectivity index (χ4n) is 3.15. The SMILES string of the molecule is CC(=O)[C@H](Cc1ccc(F)cc1)NC=O.CCCC(C=O)CC.Cc1cc2cc(Cl)ncc2[nH]1. The van der Waals surface area contributed by atoms with Crippen LogP contribution in [0.5, 0.6) is 0 Å². The number of benzene rings is 1. The molecule has 1 unspecified atom stereocenters. The Morgan fingerprint density at radius 2 is 1.88 bits per heavy atom. The van der Waals surface area contributed by atoms with Crippen molar-refractivity contribution in [2.24, 2.45) is 5.92 Å². The largest absolute Gasteiger partial charge is 0.357 e. The van der Waals surface area contributed by atoms with Crippen LogP contribution in [-0.4, -0.2) is 34.5 Å². The Balaban J connectivity index is 0.000000269. The topological polar surface area (TPSA) is 91.9 Å². The van der Waals surface area contributed by atoms with E-state index in [-0.39, 0.29) is 11.6 Å². The van der Waals surface area contributed by atoms with Gasteiger partial charge in [-0.25, -0.2) is 9.37 Å². The summed E-state index contributed by atoms with van der Waals surface area (Å²) in [6.45, 7) is 7.57. The Bertz CT molecular complexity index is 1040. The number of Topliss-reactive ketones (excluding diaryl/α,β-unsaturated/α-hetero) is 1. The summed E-state index contributed by atoms with van der Waals surface area (Å²) >= 11 is 5.70. The van der Waals surface area contributed by atoms with Gasteiger partial charge in [0.05, 0.1) is 17.8 Å². The van der Waals surface area contributed by atoms with Gasteiger partial charge in [0.2, 0.25) is 6.41 Å². The molecule has 2 atom stereocenters. The number of nitrogens with one attached hydrogen (secondary N) is 2. The third-order valence-electron chi connectivity index (χ3n) is 5.10. The fourth-order valence-corrected chi connectivity index (χ4v) is 3.31. The van der Waals surface area contributed by atoms with Gasteiger partial charge in [-0.1, -0.05) is 44.0 Å². The summed E-state index contributed by atoms with van der Waals surface area (Å²) in [5.41, 5.74) is 2.97. The molecule has 2 heterocycles. The molecular formula is C26H33ClFN3O3. The molecule has 8 heteroatoms. The first-order chi connectivity index (χ1) is 16.2. The number of rotatable bonds is 9. The van der Waals surface area contributed by atoms with Crippen molar-refractivity contribution in [3.05, 3.63) is 64.8 Å². The molecule has 1 aromatic carbocycles. The van der Waals surface area contributed by atoms with E-state index in [1.165, 1.54) is 19.1 Å². The quantitative estimate of drug-likeness (QED) is 0.302. The lowest BCUT2D eigenvalue weighted by Crippen LogP contribution is -2.36. The third-order valence-corrected chi connectivity index (χ3v) is 5.30. The van der Waals surface area contributed by atoms with Crippen LogP contribution in [0.3, 0.4) is 0 Å². The lowest BCUT2D eigenvalue weighted by molar-refractivity contribution is -0.121. The van der Waals surface area contributed by atoms with E-state index in [4.69, 9.17) is 11.6 Å². The molecule has 34 heavy (non-hydrogen) atoms. The summed E-state index contributed by atoms with van der Waals surface area (Å²) in [5.74, 6) is -0.118.